The van der Waals surface area contributed by atoms with Crippen molar-refractivity contribution in [1.82, 2.24) is 25.6 Å². The number of carbonyl (C=O) groups is 1. The fourth-order valence-corrected chi connectivity index (χ4v) is 3.58. The number of hydrogen-bond donors (Lipinski definition) is 2. The summed E-state index contributed by atoms with van der Waals surface area (Å²) in [6.45, 7) is 0.0831. The Morgan fingerprint density at radius 1 is 0.917 bits per heavy atom. The van der Waals surface area contributed by atoms with Gasteiger partial charge in [-0.3, -0.25) is 4.79 Å². The molecule has 0 aliphatic rings. The fourth-order valence-electron chi connectivity index (χ4n) is 3.58. The molecule has 0 spiro atoms. The summed E-state index contributed by atoms with van der Waals surface area (Å²) in [5.74, 6) is 0.305. The van der Waals surface area contributed by atoms with Crippen LogP contribution in [-0.2, 0) is 6.61 Å². The predicted octanol–water partition coefficient (Wildman–Crippen LogP) is 5.10. The van der Waals surface area contributed by atoms with Crippen LogP contribution in [0.15, 0.2) is 84.9 Å². The number of H-pyrrole nitrogens is 1. The van der Waals surface area contributed by atoms with Gasteiger partial charge in [-0.05, 0) is 59.7 Å². The van der Waals surface area contributed by atoms with E-state index in [9.17, 15) is 9.90 Å². The summed E-state index contributed by atoms with van der Waals surface area (Å²) in [7, 11) is 0. The van der Waals surface area contributed by atoms with Crippen LogP contribution >= 0.6 is 0 Å². The number of benzene rings is 3. The zero-order chi connectivity index (χ0) is 24.7. The average molecular weight is 476 g/mol. The smallest absolute Gasteiger partial charge is 0.211 e. The largest absolute Gasteiger partial charge is 0.507 e. The SMILES string of the molecule is O=C(C=Cc1cccc(C=Cc2ccc3ccccc3n2)c1)c1cc(OCc2nn[nH]n2)ccc1O. The number of para-hydroxylation sites is 1. The lowest BCUT2D eigenvalue weighted by Crippen LogP contribution is -2.00. The Hall–Kier alpha value is -5.11. The highest BCUT2D eigenvalue weighted by molar-refractivity contribution is 6.08. The number of ether oxygens (including phenoxy) is 1. The van der Waals surface area contributed by atoms with Gasteiger partial charge >= 0.3 is 0 Å². The van der Waals surface area contributed by atoms with Gasteiger partial charge in [0.05, 0.1) is 16.8 Å². The van der Waals surface area contributed by atoms with Crippen LogP contribution in [0, 0.1) is 0 Å². The first kappa shape index (κ1) is 22.7. The van der Waals surface area contributed by atoms with Gasteiger partial charge in [-0.1, -0.05) is 59.8 Å². The second-order valence-corrected chi connectivity index (χ2v) is 7.93. The van der Waals surface area contributed by atoms with Crippen LogP contribution in [0.25, 0.3) is 29.1 Å². The van der Waals surface area contributed by atoms with Crippen LogP contribution < -0.4 is 4.74 Å². The maximum atomic E-state index is 12.8. The zero-order valence-electron chi connectivity index (χ0n) is 19.1. The van der Waals surface area contributed by atoms with Gasteiger partial charge in [-0.25, -0.2) is 4.98 Å². The van der Waals surface area contributed by atoms with Crippen molar-refractivity contribution in [1.29, 1.82) is 0 Å². The van der Waals surface area contributed by atoms with Gasteiger partial charge < -0.3 is 9.84 Å². The van der Waals surface area contributed by atoms with Gasteiger partial charge in [0.2, 0.25) is 5.82 Å². The van der Waals surface area contributed by atoms with E-state index in [1.54, 1.807) is 12.1 Å². The predicted molar refractivity (Wildman–Crippen MR) is 137 cm³/mol. The van der Waals surface area contributed by atoms with E-state index in [1.165, 1.54) is 18.2 Å². The number of aromatic hydroxyl groups is 1. The van der Waals surface area contributed by atoms with Gasteiger partial charge in [0.15, 0.2) is 12.4 Å². The minimum atomic E-state index is -0.348. The molecular formula is C28H21N5O3. The third kappa shape index (κ3) is 5.51. The summed E-state index contributed by atoms with van der Waals surface area (Å²) in [6.07, 6.45) is 7.07. The van der Waals surface area contributed by atoms with Gasteiger partial charge in [0, 0.05) is 5.39 Å². The van der Waals surface area contributed by atoms with E-state index in [1.807, 2.05) is 72.8 Å². The number of fused-ring (bicyclic) bond motifs is 1. The molecule has 0 unspecified atom stereocenters. The molecule has 0 fully saturated rings. The summed E-state index contributed by atoms with van der Waals surface area (Å²) in [6, 6.07) is 24.2. The number of carbonyl (C=O) groups excluding carboxylic acids is 1. The normalized spacial score (nSPS) is 11.4. The minimum absolute atomic E-state index is 0.0831. The molecule has 176 valence electrons. The summed E-state index contributed by atoms with van der Waals surface area (Å²) < 4.78 is 5.58. The number of phenolic OH excluding ortho intramolecular Hbond substituents is 1. The number of phenols is 1. The maximum absolute atomic E-state index is 12.8. The van der Waals surface area contributed by atoms with Crippen molar-refractivity contribution in [2.24, 2.45) is 0 Å². The Morgan fingerprint density at radius 3 is 2.64 bits per heavy atom. The topological polar surface area (TPSA) is 114 Å². The Morgan fingerprint density at radius 2 is 1.78 bits per heavy atom. The number of allylic oxidation sites excluding steroid dienone is 1. The van der Waals surface area contributed by atoms with Crippen molar-refractivity contribution in [3.05, 3.63) is 113 Å². The number of pyridine rings is 1. The Balaban J connectivity index is 1.27. The summed E-state index contributed by atoms with van der Waals surface area (Å²) in [5.41, 5.74) is 3.76. The van der Waals surface area contributed by atoms with E-state index in [-0.39, 0.29) is 23.7 Å². The van der Waals surface area contributed by atoms with Crippen molar-refractivity contribution in [3.63, 3.8) is 0 Å². The van der Waals surface area contributed by atoms with Crippen molar-refractivity contribution in [2.75, 3.05) is 0 Å². The van der Waals surface area contributed by atoms with E-state index >= 15 is 0 Å². The number of rotatable bonds is 8. The average Bonchev–Trinajstić information content (AvgIpc) is 3.44. The summed E-state index contributed by atoms with van der Waals surface area (Å²) in [4.78, 5) is 17.4. The first-order valence-electron chi connectivity index (χ1n) is 11.2. The van der Waals surface area contributed by atoms with E-state index in [4.69, 9.17) is 4.74 Å². The lowest BCUT2D eigenvalue weighted by Gasteiger charge is -2.06. The zero-order valence-corrected chi connectivity index (χ0v) is 19.1. The first-order valence-corrected chi connectivity index (χ1v) is 11.2. The second kappa shape index (κ2) is 10.4. The molecule has 5 aromatic rings. The molecule has 0 aliphatic carbocycles. The van der Waals surface area contributed by atoms with Crippen molar-refractivity contribution < 1.29 is 14.6 Å². The second-order valence-electron chi connectivity index (χ2n) is 7.93. The number of tetrazole rings is 1. The number of hydrogen-bond acceptors (Lipinski definition) is 7. The molecule has 8 heteroatoms. The molecule has 8 nitrogen and oxygen atoms in total. The Bertz CT molecular complexity index is 1580. The van der Waals surface area contributed by atoms with E-state index in [0.717, 1.165) is 27.7 Å². The van der Waals surface area contributed by atoms with Crippen molar-refractivity contribution in [2.45, 2.75) is 6.61 Å². The third-order valence-corrected chi connectivity index (χ3v) is 5.39. The molecule has 0 amide bonds. The van der Waals surface area contributed by atoms with Gasteiger partial charge in [-0.15, -0.1) is 10.2 Å². The molecule has 0 saturated heterocycles. The summed E-state index contributed by atoms with van der Waals surface area (Å²) >= 11 is 0. The van der Waals surface area contributed by atoms with Gasteiger partial charge in [0.1, 0.15) is 11.5 Å². The third-order valence-electron chi connectivity index (χ3n) is 5.39. The first-order chi connectivity index (χ1) is 17.6. The fraction of sp³-hybridized carbons (Fsp3) is 0.0357. The highest BCUT2D eigenvalue weighted by atomic mass is 16.5. The summed E-state index contributed by atoms with van der Waals surface area (Å²) in [5, 5.41) is 24.7. The molecule has 0 atom stereocenters. The molecule has 2 heterocycles. The monoisotopic (exact) mass is 475 g/mol. The van der Waals surface area contributed by atoms with Crippen LogP contribution in [0.3, 0.4) is 0 Å². The highest BCUT2D eigenvalue weighted by Gasteiger charge is 2.11. The molecule has 0 radical (unpaired) electrons. The molecule has 0 aliphatic heterocycles. The van der Waals surface area contributed by atoms with E-state index in [2.05, 4.69) is 25.6 Å². The van der Waals surface area contributed by atoms with Crippen LogP contribution in [0.5, 0.6) is 11.5 Å². The number of nitrogens with zero attached hydrogens (tertiary/aromatic N) is 4. The molecule has 36 heavy (non-hydrogen) atoms. The molecule has 2 N–H and O–H groups in total. The lowest BCUT2D eigenvalue weighted by molar-refractivity contribution is 0.104. The quantitative estimate of drug-likeness (QED) is 0.237. The van der Waals surface area contributed by atoms with Crippen LogP contribution in [0.2, 0.25) is 0 Å². The number of nitrogens with one attached hydrogen (secondary N) is 1. The van der Waals surface area contributed by atoms with Crippen molar-refractivity contribution in [3.8, 4) is 11.5 Å². The molecule has 3 aromatic carbocycles. The Kier molecular flexibility index (Phi) is 6.57. The van der Waals surface area contributed by atoms with E-state index in [0.29, 0.717) is 11.6 Å². The standard InChI is InChI=1S/C28H21N5O3/c34-26(24-17-23(13-15-27(24)35)36-18-28-30-32-33-31-28)14-9-20-5-3-4-19(16-20)8-11-22-12-10-21-6-1-2-7-25(21)29-22/h1-17,35H,18H2,(H,30,31,32,33). The number of aromatic amines is 1. The Labute approximate surface area is 206 Å². The van der Waals surface area contributed by atoms with Crippen LogP contribution in [0.1, 0.15) is 33.0 Å². The van der Waals surface area contributed by atoms with Gasteiger partial charge in [0.25, 0.3) is 0 Å². The number of aromatic nitrogens is 5. The molecule has 0 saturated carbocycles. The van der Waals surface area contributed by atoms with Crippen LogP contribution in [0.4, 0.5) is 0 Å². The highest BCUT2D eigenvalue weighted by Crippen LogP contribution is 2.25. The lowest BCUT2D eigenvalue weighted by atomic mass is 10.1. The number of ketones is 1. The van der Waals surface area contributed by atoms with Crippen LogP contribution in [-0.4, -0.2) is 36.5 Å². The minimum Gasteiger partial charge on any atom is -0.507 e. The maximum Gasteiger partial charge on any atom is 0.211 e. The van der Waals surface area contributed by atoms with Gasteiger partial charge in [-0.2, -0.15) is 5.21 Å². The van der Waals surface area contributed by atoms with E-state index < -0.39 is 0 Å². The molecule has 0 bridgehead atoms. The molecule has 5 rings (SSSR count). The molecular weight excluding hydrogens is 454 g/mol. The van der Waals surface area contributed by atoms with Crippen molar-refractivity contribution >= 4 is 34.9 Å². The molecule has 2 aromatic heterocycles.